The van der Waals surface area contributed by atoms with Crippen LogP contribution in [0.2, 0.25) is 0 Å². The normalized spacial score (nSPS) is 14.6. The highest BCUT2D eigenvalue weighted by Gasteiger charge is 2.22. The second-order valence-corrected chi connectivity index (χ2v) is 8.88. The molecule has 0 saturated carbocycles. The van der Waals surface area contributed by atoms with Gasteiger partial charge in [-0.15, -0.1) is 0 Å². The van der Waals surface area contributed by atoms with E-state index in [0.29, 0.717) is 31.0 Å². The van der Waals surface area contributed by atoms with Gasteiger partial charge in [-0.25, -0.2) is 18.4 Å². The molecule has 0 atom stereocenters. The molecule has 0 spiro atoms. The summed E-state index contributed by atoms with van der Waals surface area (Å²) in [6.07, 6.45) is 0.719. The largest absolute Gasteiger partial charge is 0.478 e. The Hall–Kier alpha value is -2.68. The van der Waals surface area contributed by atoms with E-state index in [2.05, 4.69) is 4.90 Å². The number of rotatable bonds is 4. The van der Waals surface area contributed by atoms with Gasteiger partial charge in [0.15, 0.2) is 0 Å². The summed E-state index contributed by atoms with van der Waals surface area (Å²) in [6, 6.07) is 10.4. The number of sulfonamides is 1. The molecule has 1 aliphatic heterocycles. The molecular weight excluding hydrogens is 392 g/mol. The van der Waals surface area contributed by atoms with Gasteiger partial charge >= 0.3 is 5.63 Å². The highest BCUT2D eigenvalue weighted by atomic mass is 32.2. The van der Waals surface area contributed by atoms with Crippen LogP contribution >= 0.6 is 0 Å². The summed E-state index contributed by atoms with van der Waals surface area (Å²) in [4.78, 5) is 14.4. The van der Waals surface area contributed by atoms with Crippen LogP contribution in [0, 0.1) is 13.8 Å². The topological polar surface area (TPSA) is 103 Å². The van der Waals surface area contributed by atoms with E-state index in [-0.39, 0.29) is 10.5 Å². The Morgan fingerprint density at radius 3 is 2.48 bits per heavy atom. The van der Waals surface area contributed by atoms with E-state index in [4.69, 9.17) is 14.3 Å². The molecule has 0 saturated heterocycles. The number of hydrogen-bond acceptors (Lipinski definition) is 6. The molecule has 8 heteroatoms. The van der Waals surface area contributed by atoms with Gasteiger partial charge in [0, 0.05) is 24.0 Å². The van der Waals surface area contributed by atoms with Gasteiger partial charge in [0.05, 0.1) is 10.5 Å². The molecule has 2 aromatic carbocycles. The summed E-state index contributed by atoms with van der Waals surface area (Å²) >= 11 is 0. The number of fused-ring (bicyclic) bond motifs is 3. The molecule has 2 N–H and O–H groups in total. The number of hydrogen-bond donors (Lipinski definition) is 1. The van der Waals surface area contributed by atoms with Crippen LogP contribution < -0.4 is 15.5 Å². The van der Waals surface area contributed by atoms with Crippen molar-refractivity contribution >= 4 is 21.0 Å². The Balaban J connectivity index is 1.55. The summed E-state index contributed by atoms with van der Waals surface area (Å²) < 4.78 is 34.2. The van der Waals surface area contributed by atoms with Crippen LogP contribution in [-0.4, -0.2) is 26.6 Å². The van der Waals surface area contributed by atoms with Crippen molar-refractivity contribution in [1.82, 2.24) is 4.90 Å². The Kier molecular flexibility index (Phi) is 4.94. The van der Waals surface area contributed by atoms with Crippen molar-refractivity contribution in [2.24, 2.45) is 5.14 Å². The molecular formula is C21H22N2O5S. The Morgan fingerprint density at radius 1 is 1.07 bits per heavy atom. The Labute approximate surface area is 168 Å². The predicted octanol–water partition coefficient (Wildman–Crippen LogP) is 2.45. The van der Waals surface area contributed by atoms with Gasteiger partial charge in [0.25, 0.3) is 0 Å². The second kappa shape index (κ2) is 7.29. The first kappa shape index (κ1) is 19.6. The fourth-order valence-electron chi connectivity index (χ4n) is 3.54. The minimum absolute atomic E-state index is 0.101. The van der Waals surface area contributed by atoms with Crippen molar-refractivity contribution in [1.29, 1.82) is 0 Å². The van der Waals surface area contributed by atoms with Crippen LogP contribution in [0.15, 0.2) is 50.5 Å². The summed E-state index contributed by atoms with van der Waals surface area (Å²) in [6.45, 7) is 5.44. The predicted molar refractivity (Wildman–Crippen MR) is 109 cm³/mol. The molecule has 0 radical (unpaired) electrons. The van der Waals surface area contributed by atoms with Gasteiger partial charge < -0.3 is 9.15 Å². The summed E-state index contributed by atoms with van der Waals surface area (Å²) in [5, 5.41) is 6.06. The van der Waals surface area contributed by atoms with Crippen LogP contribution in [0.3, 0.4) is 0 Å². The molecule has 152 valence electrons. The highest BCUT2D eigenvalue weighted by molar-refractivity contribution is 7.89. The number of ether oxygens (including phenoxy) is 1. The zero-order valence-corrected chi connectivity index (χ0v) is 17.1. The van der Waals surface area contributed by atoms with Crippen LogP contribution in [0.25, 0.3) is 11.0 Å². The quantitative estimate of drug-likeness (QED) is 0.658. The lowest BCUT2D eigenvalue weighted by Crippen LogP contribution is -2.33. The van der Waals surface area contributed by atoms with E-state index in [1.54, 1.807) is 19.1 Å². The molecule has 3 aromatic rings. The van der Waals surface area contributed by atoms with Gasteiger partial charge in [0.2, 0.25) is 10.0 Å². The molecule has 29 heavy (non-hydrogen) atoms. The zero-order valence-electron chi connectivity index (χ0n) is 16.3. The molecule has 4 rings (SSSR count). The highest BCUT2D eigenvalue weighted by Crippen LogP contribution is 2.33. The van der Waals surface area contributed by atoms with Crippen molar-refractivity contribution in [2.45, 2.75) is 31.7 Å². The Morgan fingerprint density at radius 2 is 1.79 bits per heavy atom. The number of primary sulfonamides is 1. The van der Waals surface area contributed by atoms with Crippen molar-refractivity contribution in [3.05, 3.63) is 69.1 Å². The fraction of sp³-hybridized carbons (Fsp3) is 0.286. The SMILES string of the molecule is Cc1c(C)c2ccc3c(c2oc1=O)CN(CCc1ccc(S(N)(=O)=O)cc1)CO3. The van der Waals surface area contributed by atoms with Gasteiger partial charge in [0.1, 0.15) is 18.1 Å². The zero-order chi connectivity index (χ0) is 20.8. The van der Waals surface area contributed by atoms with Crippen LogP contribution in [-0.2, 0) is 23.0 Å². The van der Waals surface area contributed by atoms with E-state index < -0.39 is 10.0 Å². The number of nitrogens with two attached hydrogens (primary N) is 1. The minimum atomic E-state index is -3.69. The van der Waals surface area contributed by atoms with Crippen molar-refractivity contribution < 1.29 is 17.6 Å². The van der Waals surface area contributed by atoms with Crippen molar-refractivity contribution in [2.75, 3.05) is 13.3 Å². The smallest absolute Gasteiger partial charge is 0.339 e. The van der Waals surface area contributed by atoms with Gasteiger partial charge in [-0.1, -0.05) is 12.1 Å². The maximum atomic E-state index is 12.2. The van der Waals surface area contributed by atoms with Crippen LogP contribution in [0.5, 0.6) is 5.75 Å². The Bertz CT molecular complexity index is 1250. The summed E-state index contributed by atoms with van der Waals surface area (Å²) in [5.41, 5.74) is 3.67. The van der Waals surface area contributed by atoms with Crippen molar-refractivity contribution in [3.63, 3.8) is 0 Å². The summed E-state index contributed by atoms with van der Waals surface area (Å²) in [7, 11) is -3.69. The molecule has 0 bridgehead atoms. The second-order valence-electron chi connectivity index (χ2n) is 7.32. The fourth-order valence-corrected chi connectivity index (χ4v) is 4.05. The lowest BCUT2D eigenvalue weighted by Gasteiger charge is -2.29. The molecule has 0 aliphatic carbocycles. The molecule has 0 amide bonds. The van der Waals surface area contributed by atoms with Crippen LogP contribution in [0.1, 0.15) is 22.3 Å². The van der Waals surface area contributed by atoms with Gasteiger partial charge in [-0.2, -0.15) is 0 Å². The minimum Gasteiger partial charge on any atom is -0.478 e. The van der Waals surface area contributed by atoms with Crippen molar-refractivity contribution in [3.8, 4) is 5.75 Å². The molecule has 1 aromatic heterocycles. The molecule has 1 aliphatic rings. The van der Waals surface area contributed by atoms with E-state index in [1.165, 1.54) is 12.1 Å². The molecule has 0 fully saturated rings. The van der Waals surface area contributed by atoms with Gasteiger partial charge in [-0.05, 0) is 55.7 Å². The number of nitrogens with zero attached hydrogens (tertiary/aromatic N) is 1. The maximum Gasteiger partial charge on any atom is 0.339 e. The molecule has 7 nitrogen and oxygen atoms in total. The average molecular weight is 414 g/mol. The first-order chi connectivity index (χ1) is 13.7. The summed E-state index contributed by atoms with van der Waals surface area (Å²) in [5.74, 6) is 0.734. The van der Waals surface area contributed by atoms with E-state index in [0.717, 1.165) is 34.2 Å². The first-order valence-corrected chi connectivity index (χ1v) is 10.8. The standard InChI is InChI=1S/C21H22N2O5S/c1-13-14(2)21(24)28-20-17(13)7-8-19-18(20)11-23(12-27-19)10-9-15-3-5-16(6-4-15)29(22,25)26/h3-8H,9-12H2,1-2H3,(H2,22,25,26). The third kappa shape index (κ3) is 3.78. The van der Waals surface area contributed by atoms with E-state index in [9.17, 15) is 13.2 Å². The monoisotopic (exact) mass is 414 g/mol. The number of aryl methyl sites for hydroxylation is 1. The van der Waals surface area contributed by atoms with Gasteiger partial charge in [-0.3, -0.25) is 4.90 Å². The average Bonchev–Trinajstić information content (AvgIpc) is 2.70. The lowest BCUT2D eigenvalue weighted by atomic mass is 10.0. The maximum absolute atomic E-state index is 12.2. The molecule has 2 heterocycles. The molecule has 0 unspecified atom stereocenters. The third-order valence-corrected chi connectivity index (χ3v) is 6.37. The number of benzene rings is 2. The lowest BCUT2D eigenvalue weighted by molar-refractivity contribution is 0.0967. The third-order valence-electron chi connectivity index (χ3n) is 5.44. The first-order valence-electron chi connectivity index (χ1n) is 9.27. The van der Waals surface area contributed by atoms with Crippen LogP contribution in [0.4, 0.5) is 0 Å². The van der Waals surface area contributed by atoms with E-state index >= 15 is 0 Å². The van der Waals surface area contributed by atoms with E-state index in [1.807, 2.05) is 19.1 Å².